The number of hydrogen-bond donors (Lipinski definition) is 2. The van der Waals surface area contributed by atoms with Crippen LogP contribution < -0.4 is 15.8 Å². The Balaban J connectivity index is 1.89. The van der Waals surface area contributed by atoms with Crippen LogP contribution in [0.5, 0.6) is 5.75 Å². The topological polar surface area (TPSA) is 102 Å². The highest BCUT2D eigenvalue weighted by molar-refractivity contribution is 7.89. The summed E-state index contributed by atoms with van der Waals surface area (Å²) in [6.45, 7) is 3.60. The number of halogens is 2. The number of primary amides is 1. The molecular weight excluding hydrogens is 428 g/mol. The first kappa shape index (κ1) is 23.0. The number of rotatable bonds is 8. The molecule has 1 aliphatic rings. The molecule has 3 N–H and O–H groups in total. The van der Waals surface area contributed by atoms with Gasteiger partial charge in [0.05, 0.1) is 23.2 Å². The van der Waals surface area contributed by atoms with Crippen molar-refractivity contribution >= 4 is 27.3 Å². The van der Waals surface area contributed by atoms with Gasteiger partial charge in [-0.1, -0.05) is 6.07 Å². The molecule has 0 aromatic heterocycles. The highest BCUT2D eigenvalue weighted by Crippen LogP contribution is 2.32. The number of carbonyl (C=O) groups excluding carboxylic acids is 1. The van der Waals surface area contributed by atoms with Crippen molar-refractivity contribution in [2.45, 2.75) is 32.7 Å². The van der Waals surface area contributed by atoms with Gasteiger partial charge in [-0.25, -0.2) is 17.2 Å². The maximum Gasteiger partial charge on any atom is 0.254 e. The Labute approximate surface area is 180 Å². The summed E-state index contributed by atoms with van der Waals surface area (Å²) in [7, 11) is -3.41. The van der Waals surface area contributed by atoms with Gasteiger partial charge in [-0.15, -0.1) is 0 Å². The predicted molar refractivity (Wildman–Crippen MR) is 114 cm³/mol. The molecule has 0 saturated carbocycles. The van der Waals surface area contributed by atoms with Crippen LogP contribution in [0.4, 0.5) is 20.2 Å². The molecule has 0 spiro atoms. The summed E-state index contributed by atoms with van der Waals surface area (Å²) >= 11 is 0. The zero-order valence-electron chi connectivity index (χ0n) is 17.3. The number of anilines is 2. The summed E-state index contributed by atoms with van der Waals surface area (Å²) in [6.07, 6.45) is 1.26. The zero-order chi connectivity index (χ0) is 22.8. The Morgan fingerprint density at radius 1 is 1.26 bits per heavy atom. The Hall–Kier alpha value is -2.72. The smallest absolute Gasteiger partial charge is 0.254 e. The molecule has 1 atom stereocenters. The van der Waals surface area contributed by atoms with Crippen molar-refractivity contribution in [1.29, 1.82) is 0 Å². The summed E-state index contributed by atoms with van der Waals surface area (Å²) in [6, 6.07) is 6.02. The number of sulfonamides is 1. The van der Waals surface area contributed by atoms with Crippen LogP contribution in [0.1, 0.15) is 35.7 Å². The van der Waals surface area contributed by atoms with E-state index in [1.807, 2.05) is 0 Å². The molecular formula is C21H25F2N3O4S. The average Bonchev–Trinajstić information content (AvgIpc) is 3.17. The van der Waals surface area contributed by atoms with E-state index in [1.165, 1.54) is 16.4 Å². The summed E-state index contributed by atoms with van der Waals surface area (Å²) in [5.74, 6) is -2.36. The number of nitrogens with one attached hydrogen (secondary N) is 1. The number of nitrogens with two attached hydrogens (primary N) is 1. The van der Waals surface area contributed by atoms with Crippen LogP contribution in [0.25, 0.3) is 0 Å². The van der Waals surface area contributed by atoms with E-state index >= 15 is 0 Å². The minimum absolute atomic E-state index is 0.0355. The standard InChI is InChI=1S/C21H25F2N3O4S/c1-3-31(28,29)26-8-4-5-15(26)12-30-19-11-14(22)10-18(20(19)21(24)27)25-17-7-6-13(2)9-16(17)23/h6-7,9-11,15,25H,3-5,8,12H2,1-2H3,(H2,24,27). The molecule has 2 aromatic rings. The third-order valence-corrected chi connectivity index (χ3v) is 7.11. The number of amides is 1. The lowest BCUT2D eigenvalue weighted by Gasteiger charge is -2.24. The minimum atomic E-state index is -3.41. The first-order valence-corrected chi connectivity index (χ1v) is 11.5. The van der Waals surface area contributed by atoms with Crippen molar-refractivity contribution in [2.75, 3.05) is 24.2 Å². The number of nitrogens with zero attached hydrogens (tertiary/aromatic N) is 1. The lowest BCUT2D eigenvalue weighted by Crippen LogP contribution is -2.40. The van der Waals surface area contributed by atoms with Gasteiger partial charge in [0.2, 0.25) is 10.0 Å². The van der Waals surface area contributed by atoms with Gasteiger partial charge in [0.1, 0.15) is 29.6 Å². The largest absolute Gasteiger partial charge is 0.491 e. The van der Waals surface area contributed by atoms with Crippen molar-refractivity contribution in [2.24, 2.45) is 5.73 Å². The molecule has 10 heteroatoms. The third-order valence-electron chi connectivity index (χ3n) is 5.18. The van der Waals surface area contributed by atoms with Crippen molar-refractivity contribution in [1.82, 2.24) is 4.31 Å². The Morgan fingerprint density at radius 2 is 2.00 bits per heavy atom. The number of aryl methyl sites for hydroxylation is 1. The maximum absolute atomic E-state index is 14.3. The fraction of sp³-hybridized carbons (Fsp3) is 0.381. The van der Waals surface area contributed by atoms with E-state index in [1.54, 1.807) is 19.9 Å². The van der Waals surface area contributed by atoms with Gasteiger partial charge >= 0.3 is 0 Å². The molecule has 1 fully saturated rings. The van der Waals surface area contributed by atoms with Crippen molar-refractivity contribution in [3.8, 4) is 5.75 Å². The Bertz CT molecular complexity index is 1090. The van der Waals surface area contributed by atoms with Crippen LogP contribution in [-0.4, -0.2) is 43.6 Å². The maximum atomic E-state index is 14.3. The van der Waals surface area contributed by atoms with Crippen molar-refractivity contribution in [3.63, 3.8) is 0 Å². The fourth-order valence-corrected chi connectivity index (χ4v) is 4.97. The van der Waals surface area contributed by atoms with Crippen molar-refractivity contribution < 1.29 is 26.7 Å². The second-order valence-corrected chi connectivity index (χ2v) is 9.63. The van der Waals surface area contributed by atoms with E-state index < -0.39 is 33.6 Å². The van der Waals surface area contributed by atoms with Crippen molar-refractivity contribution in [3.05, 3.63) is 53.1 Å². The number of benzene rings is 2. The molecule has 0 bridgehead atoms. The summed E-state index contributed by atoms with van der Waals surface area (Å²) in [5.41, 5.74) is 6.05. The number of hydrogen-bond acceptors (Lipinski definition) is 5. The normalized spacial score (nSPS) is 17.0. The third kappa shape index (κ3) is 5.13. The quantitative estimate of drug-likeness (QED) is 0.639. The van der Waals surface area contributed by atoms with Crippen LogP contribution >= 0.6 is 0 Å². The molecule has 168 valence electrons. The molecule has 2 aromatic carbocycles. The lowest BCUT2D eigenvalue weighted by atomic mass is 10.1. The van der Waals surface area contributed by atoms with E-state index in [0.29, 0.717) is 24.9 Å². The van der Waals surface area contributed by atoms with Gasteiger partial charge in [0.15, 0.2) is 0 Å². The van der Waals surface area contributed by atoms with E-state index in [0.717, 1.165) is 12.1 Å². The first-order valence-electron chi connectivity index (χ1n) is 9.91. The molecule has 1 amide bonds. The molecule has 1 aliphatic heterocycles. The zero-order valence-corrected chi connectivity index (χ0v) is 18.1. The lowest BCUT2D eigenvalue weighted by molar-refractivity contribution is 0.0996. The summed E-state index contributed by atoms with van der Waals surface area (Å²) in [4.78, 5) is 12.1. The van der Waals surface area contributed by atoms with Gasteiger partial charge in [-0.05, 0) is 50.5 Å². The van der Waals surface area contributed by atoms with Gasteiger partial charge < -0.3 is 15.8 Å². The highest BCUT2D eigenvalue weighted by Gasteiger charge is 2.34. The van der Waals surface area contributed by atoms with E-state index in [4.69, 9.17) is 10.5 Å². The average molecular weight is 454 g/mol. The molecule has 0 aliphatic carbocycles. The van der Waals surface area contributed by atoms with Crippen LogP contribution in [0.3, 0.4) is 0 Å². The minimum Gasteiger partial charge on any atom is -0.491 e. The predicted octanol–water partition coefficient (Wildman–Crippen LogP) is 3.31. The van der Waals surface area contributed by atoms with Gasteiger partial charge in [-0.3, -0.25) is 4.79 Å². The number of ether oxygens (including phenoxy) is 1. The molecule has 1 heterocycles. The van der Waals surface area contributed by atoms with E-state index in [-0.39, 0.29) is 35.0 Å². The molecule has 31 heavy (non-hydrogen) atoms. The summed E-state index contributed by atoms with van der Waals surface area (Å²) in [5, 5.41) is 2.70. The molecule has 7 nitrogen and oxygen atoms in total. The molecule has 3 rings (SSSR count). The SMILES string of the molecule is CCS(=O)(=O)N1CCCC1COc1cc(F)cc(Nc2ccc(C)cc2F)c1C(N)=O. The Kier molecular flexibility index (Phi) is 6.80. The second kappa shape index (κ2) is 9.19. The van der Waals surface area contributed by atoms with Crippen LogP contribution in [0.2, 0.25) is 0 Å². The first-order chi connectivity index (χ1) is 14.6. The second-order valence-electron chi connectivity index (χ2n) is 7.42. The van der Waals surface area contributed by atoms with Gasteiger partial charge in [0.25, 0.3) is 5.91 Å². The molecule has 0 radical (unpaired) electrons. The van der Waals surface area contributed by atoms with E-state index in [9.17, 15) is 22.0 Å². The molecule has 1 saturated heterocycles. The highest BCUT2D eigenvalue weighted by atomic mass is 32.2. The monoisotopic (exact) mass is 453 g/mol. The summed E-state index contributed by atoms with van der Waals surface area (Å²) < 4.78 is 60.1. The van der Waals surface area contributed by atoms with Crippen LogP contribution in [0.15, 0.2) is 30.3 Å². The van der Waals surface area contributed by atoms with Gasteiger partial charge in [0, 0.05) is 12.6 Å². The fourth-order valence-electron chi connectivity index (χ4n) is 3.61. The van der Waals surface area contributed by atoms with E-state index in [2.05, 4.69) is 5.32 Å². The Morgan fingerprint density at radius 3 is 2.65 bits per heavy atom. The van der Waals surface area contributed by atoms with Gasteiger partial charge in [-0.2, -0.15) is 4.31 Å². The van der Waals surface area contributed by atoms with Crippen LogP contribution in [0, 0.1) is 18.6 Å². The molecule has 1 unspecified atom stereocenters. The number of carbonyl (C=O) groups is 1. The van der Waals surface area contributed by atoms with Crippen LogP contribution in [-0.2, 0) is 10.0 Å².